The topological polar surface area (TPSA) is 39.2 Å². The fourth-order valence-corrected chi connectivity index (χ4v) is 6.43. The van der Waals surface area contributed by atoms with E-state index in [1.54, 1.807) is 11.3 Å². The van der Waals surface area contributed by atoms with Gasteiger partial charge in [0, 0.05) is 0 Å². The summed E-state index contributed by atoms with van der Waals surface area (Å²) >= 11 is 3.08. The van der Waals surface area contributed by atoms with Crippen molar-refractivity contribution >= 4 is 30.1 Å². The van der Waals surface area contributed by atoms with E-state index in [2.05, 4.69) is 44.1 Å². The number of aromatic nitrogens is 1. The summed E-state index contributed by atoms with van der Waals surface area (Å²) in [5.41, 5.74) is 2.08. The van der Waals surface area contributed by atoms with E-state index in [1.165, 1.54) is 18.6 Å². The fraction of sp³-hybridized carbons (Fsp3) is 0.625. The summed E-state index contributed by atoms with van der Waals surface area (Å²) in [6.07, 6.45) is 2.44. The van der Waals surface area contributed by atoms with Crippen LogP contribution in [-0.2, 0) is 27.8 Å². The van der Waals surface area contributed by atoms with Crippen molar-refractivity contribution in [3.8, 4) is 0 Å². The number of thiazole rings is 1. The number of rotatable bonds is 9. The first-order valence-electron chi connectivity index (χ1n) is 7.81. The first kappa shape index (κ1) is 19.9. The normalized spacial score (nSPS) is 14.2. The average molecular weight is 515 g/mol. The molecular formula is C16H26NO2OsSSi. The Morgan fingerprint density at radius 2 is 2.00 bits per heavy atom. The van der Waals surface area contributed by atoms with Crippen LogP contribution < -0.4 is 0 Å². The van der Waals surface area contributed by atoms with E-state index in [1.807, 2.05) is 6.92 Å². The van der Waals surface area contributed by atoms with Gasteiger partial charge in [0.2, 0.25) is 0 Å². The number of hydrogen-bond acceptors (Lipinski definition) is 4. The fourth-order valence-electron chi connectivity index (χ4n) is 2.51. The molecule has 0 aliphatic carbocycles. The number of carbonyl (C=O) groups excluding carboxylic acids is 1. The van der Waals surface area contributed by atoms with Gasteiger partial charge < -0.3 is 0 Å². The second-order valence-electron chi connectivity index (χ2n) is 5.58. The monoisotopic (exact) mass is 516 g/mol. The van der Waals surface area contributed by atoms with Gasteiger partial charge in [0.1, 0.15) is 0 Å². The molecule has 1 heterocycles. The molecule has 0 aromatic carbocycles. The van der Waals surface area contributed by atoms with Crippen molar-refractivity contribution in [2.75, 3.05) is 0 Å². The maximum absolute atomic E-state index is 11.7. The summed E-state index contributed by atoms with van der Waals surface area (Å²) in [6.45, 7) is 10.7. The predicted molar refractivity (Wildman–Crippen MR) is 92.2 cm³/mol. The Hall–Kier alpha value is -0.147. The third kappa shape index (κ3) is 5.81. The summed E-state index contributed by atoms with van der Waals surface area (Å²) in [7, 11) is -1.73. The molecule has 22 heavy (non-hydrogen) atoms. The van der Waals surface area contributed by atoms with Crippen LogP contribution in [0.5, 0.6) is 0 Å². The molecule has 0 saturated heterocycles. The molecule has 0 fully saturated rings. The Bertz CT molecular complexity index is 518. The van der Waals surface area contributed by atoms with Crippen molar-refractivity contribution in [1.29, 1.82) is 0 Å². The minimum absolute atomic E-state index is 0.0986. The zero-order chi connectivity index (χ0) is 16.8. The van der Waals surface area contributed by atoms with Gasteiger partial charge in [0.15, 0.2) is 0 Å². The van der Waals surface area contributed by atoms with E-state index < -0.39 is 8.32 Å². The SMILES string of the molecule is CC[Si](CC)(CC)O[C@H](C[C](=O)[Os])C(C)=Cc1csc(C)n1. The Labute approximate surface area is 149 Å². The molecule has 1 atom stereocenters. The van der Waals surface area contributed by atoms with Gasteiger partial charge in [-0.15, -0.1) is 0 Å². The van der Waals surface area contributed by atoms with Crippen molar-refractivity contribution in [2.24, 2.45) is 0 Å². The molecule has 1 aromatic rings. The summed E-state index contributed by atoms with van der Waals surface area (Å²) in [6, 6.07) is 3.29. The Morgan fingerprint density at radius 1 is 1.41 bits per heavy atom. The predicted octanol–water partition coefficient (Wildman–Crippen LogP) is 4.71. The second-order valence-corrected chi connectivity index (χ2v) is 12.8. The van der Waals surface area contributed by atoms with Crippen molar-refractivity contribution in [3.05, 3.63) is 21.7 Å². The first-order chi connectivity index (χ1) is 10.4. The van der Waals surface area contributed by atoms with Gasteiger partial charge in [0.25, 0.3) is 0 Å². The summed E-state index contributed by atoms with van der Waals surface area (Å²) in [5.74, 6) is 0. The van der Waals surface area contributed by atoms with Gasteiger partial charge in [-0.2, -0.15) is 0 Å². The van der Waals surface area contributed by atoms with Gasteiger partial charge in [-0.1, -0.05) is 0 Å². The Balaban J connectivity index is 3.01. The molecule has 0 aliphatic heterocycles. The quantitative estimate of drug-likeness (QED) is 0.448. The molecule has 0 radical (unpaired) electrons. The average Bonchev–Trinajstić information content (AvgIpc) is 2.88. The van der Waals surface area contributed by atoms with Crippen LogP contribution in [0, 0.1) is 6.92 Å². The van der Waals surface area contributed by atoms with Crippen LogP contribution >= 0.6 is 11.3 Å². The van der Waals surface area contributed by atoms with E-state index in [-0.39, 0.29) is 10.4 Å². The van der Waals surface area contributed by atoms with E-state index >= 15 is 0 Å². The van der Waals surface area contributed by atoms with E-state index in [4.69, 9.17) is 4.43 Å². The Morgan fingerprint density at radius 3 is 2.41 bits per heavy atom. The van der Waals surface area contributed by atoms with E-state index in [9.17, 15) is 4.79 Å². The van der Waals surface area contributed by atoms with Crippen LogP contribution in [-0.4, -0.2) is 23.7 Å². The molecule has 0 N–H and O–H groups in total. The summed E-state index contributed by atoms with van der Waals surface area (Å²) < 4.78 is 6.77. The van der Waals surface area contributed by atoms with Crippen molar-refractivity contribution in [2.45, 2.75) is 65.3 Å². The molecule has 6 heteroatoms. The zero-order valence-corrected chi connectivity index (χ0v) is 18.4. The molecule has 0 amide bonds. The molecule has 0 unspecified atom stereocenters. The molecule has 1 rings (SSSR count). The first-order valence-corrected chi connectivity index (χ1v) is 12.5. The minimum atomic E-state index is -1.73. The third-order valence-electron chi connectivity index (χ3n) is 4.19. The molecule has 0 aliphatic rings. The summed E-state index contributed by atoms with van der Waals surface area (Å²) in [5, 5.41) is 3.11. The third-order valence-corrected chi connectivity index (χ3v) is 10.1. The van der Waals surface area contributed by atoms with Gasteiger partial charge in [-0.05, 0) is 0 Å². The summed E-state index contributed by atoms with van der Waals surface area (Å²) in [4.78, 5) is 16.2. The molecule has 0 saturated carbocycles. The molecule has 0 bridgehead atoms. The number of hydrogen-bond donors (Lipinski definition) is 0. The number of nitrogens with zero attached hydrogens (tertiary/aromatic N) is 1. The van der Waals surface area contributed by atoms with Crippen LogP contribution in [0.3, 0.4) is 0 Å². The van der Waals surface area contributed by atoms with Gasteiger partial charge in [-0.25, -0.2) is 0 Å². The Kier molecular flexibility index (Phi) is 8.34. The van der Waals surface area contributed by atoms with Gasteiger partial charge in [0.05, 0.1) is 0 Å². The number of aryl methyl sites for hydroxylation is 1. The number of carbonyl (C=O) groups is 1. The van der Waals surface area contributed by atoms with Crippen LogP contribution in [0.2, 0.25) is 18.1 Å². The molecule has 3 nitrogen and oxygen atoms in total. The molecule has 0 spiro atoms. The zero-order valence-electron chi connectivity index (χ0n) is 14.1. The van der Waals surface area contributed by atoms with Crippen LogP contribution in [0.4, 0.5) is 0 Å². The van der Waals surface area contributed by atoms with Crippen LogP contribution in [0.15, 0.2) is 11.0 Å². The van der Waals surface area contributed by atoms with Gasteiger partial charge >= 0.3 is 150 Å². The second kappa shape index (κ2) is 9.22. The van der Waals surface area contributed by atoms with E-state index in [0.717, 1.165) is 34.4 Å². The molecule has 125 valence electrons. The van der Waals surface area contributed by atoms with Crippen LogP contribution in [0.1, 0.15) is 44.8 Å². The van der Waals surface area contributed by atoms with Gasteiger partial charge in [-0.3, -0.25) is 0 Å². The van der Waals surface area contributed by atoms with Crippen LogP contribution in [0.25, 0.3) is 6.08 Å². The maximum atomic E-state index is 11.7. The van der Waals surface area contributed by atoms with E-state index in [0.29, 0.717) is 6.42 Å². The van der Waals surface area contributed by atoms with Crippen molar-refractivity contribution < 1.29 is 27.8 Å². The standard InChI is InChI=1S/C16H26NO2SSi.Os/c1-6-21(7-2,8-3)19-16(9-10-18)13(4)11-15-12-20-14(5)17-15;/h11-12,16H,6-9H2,1-5H3;/t16-;/m1./s1. The molecule has 1 aromatic heterocycles. The van der Waals surface area contributed by atoms with Crippen molar-refractivity contribution in [3.63, 3.8) is 0 Å². The van der Waals surface area contributed by atoms with Crippen molar-refractivity contribution in [1.82, 2.24) is 4.98 Å². The molecular weight excluding hydrogens is 489 g/mol.